The Kier molecular flexibility index (Phi) is 10.6. The lowest BCUT2D eigenvalue weighted by Crippen LogP contribution is -2.57. The summed E-state index contributed by atoms with van der Waals surface area (Å²) in [5.74, 6) is 0.162. The average molecular weight is 597 g/mol. The number of amides is 2. The molecule has 3 rings (SSSR count). The van der Waals surface area contributed by atoms with Gasteiger partial charge in [-0.1, -0.05) is 43.4 Å². The average Bonchev–Trinajstić information content (AvgIpc) is 3.10. The molecule has 2 aliphatic carbocycles. The Labute approximate surface area is 221 Å². The zero-order valence-corrected chi connectivity index (χ0v) is 22.7. The maximum Gasteiger partial charge on any atom is 0.247 e. The molecule has 0 radical (unpaired) electrons. The predicted octanol–water partition coefficient (Wildman–Crippen LogP) is 3.72. The van der Waals surface area contributed by atoms with E-state index in [1.54, 1.807) is 12.2 Å². The first-order valence-electron chi connectivity index (χ1n) is 12.5. The molecule has 0 heterocycles. The molecular formula is C27H37IN2O5. The standard InChI is InChI=1S/C27H37IN2O5/c1-18(2)15-25(32)30(20-9-5-3-4-6-10-20)22-16-19(27(34)29-13-14-31)17-24(26(22)33)35-23-12-8-7-11-21(23)28/h7-8,11-12,15,17,20,22,24,26,31,33H,3-6,9-10,13-14,16H2,1-2H3,(H,29,34)/t22-,24+,26+/m1/s1. The van der Waals surface area contributed by atoms with Crippen molar-refractivity contribution < 1.29 is 24.5 Å². The van der Waals surface area contributed by atoms with Crippen molar-refractivity contribution in [3.63, 3.8) is 0 Å². The number of allylic oxidation sites excluding steroid dienone is 1. The molecule has 2 amide bonds. The number of carbonyl (C=O) groups is 2. The molecule has 35 heavy (non-hydrogen) atoms. The van der Waals surface area contributed by atoms with Gasteiger partial charge in [0.1, 0.15) is 18.0 Å². The van der Waals surface area contributed by atoms with Crippen molar-refractivity contribution in [2.24, 2.45) is 0 Å². The van der Waals surface area contributed by atoms with Crippen molar-refractivity contribution in [1.29, 1.82) is 0 Å². The van der Waals surface area contributed by atoms with E-state index in [2.05, 4.69) is 27.9 Å². The van der Waals surface area contributed by atoms with Crippen LogP contribution in [0.3, 0.4) is 0 Å². The minimum absolute atomic E-state index is 0.00221. The number of hydrogen-bond donors (Lipinski definition) is 3. The molecular weight excluding hydrogens is 559 g/mol. The third kappa shape index (κ3) is 7.54. The molecule has 0 aromatic heterocycles. The first kappa shape index (κ1) is 27.7. The van der Waals surface area contributed by atoms with E-state index in [-0.39, 0.29) is 37.4 Å². The Balaban J connectivity index is 1.99. The lowest BCUT2D eigenvalue weighted by molar-refractivity contribution is -0.137. The molecule has 0 unspecified atom stereocenters. The number of nitrogens with zero attached hydrogens (tertiary/aromatic N) is 1. The summed E-state index contributed by atoms with van der Waals surface area (Å²) in [4.78, 5) is 28.3. The van der Waals surface area contributed by atoms with Gasteiger partial charge in [-0.3, -0.25) is 9.59 Å². The number of rotatable bonds is 8. The smallest absolute Gasteiger partial charge is 0.247 e. The fourth-order valence-corrected chi connectivity index (χ4v) is 5.42. The van der Waals surface area contributed by atoms with Crippen molar-refractivity contribution in [2.75, 3.05) is 13.2 Å². The summed E-state index contributed by atoms with van der Waals surface area (Å²) in [5, 5.41) is 23.4. The second-order valence-corrected chi connectivity index (χ2v) is 10.7. The van der Waals surface area contributed by atoms with Gasteiger partial charge in [-0.25, -0.2) is 0 Å². The van der Waals surface area contributed by atoms with Crippen LogP contribution in [-0.2, 0) is 9.59 Å². The number of carbonyl (C=O) groups excluding carboxylic acids is 2. The first-order chi connectivity index (χ1) is 16.8. The maximum absolute atomic E-state index is 13.5. The molecule has 3 N–H and O–H groups in total. The van der Waals surface area contributed by atoms with Crippen LogP contribution in [0.15, 0.2) is 47.6 Å². The largest absolute Gasteiger partial charge is 0.482 e. The summed E-state index contributed by atoms with van der Waals surface area (Å²) in [6.45, 7) is 3.74. The molecule has 2 aliphatic rings. The van der Waals surface area contributed by atoms with Gasteiger partial charge in [-0.2, -0.15) is 0 Å². The van der Waals surface area contributed by atoms with Crippen LogP contribution in [0.1, 0.15) is 58.8 Å². The Bertz CT molecular complexity index is 935. The molecule has 0 saturated heterocycles. The van der Waals surface area contributed by atoms with Gasteiger partial charge in [-0.05, 0) is 67.5 Å². The summed E-state index contributed by atoms with van der Waals surface area (Å²) >= 11 is 2.18. The Morgan fingerprint density at radius 1 is 1.17 bits per heavy atom. The Morgan fingerprint density at radius 3 is 2.49 bits per heavy atom. The highest BCUT2D eigenvalue weighted by atomic mass is 127. The van der Waals surface area contributed by atoms with Crippen LogP contribution in [0.25, 0.3) is 0 Å². The zero-order valence-electron chi connectivity index (χ0n) is 20.6. The van der Waals surface area contributed by atoms with E-state index < -0.39 is 18.2 Å². The van der Waals surface area contributed by atoms with Gasteiger partial charge in [0.05, 0.1) is 16.2 Å². The molecule has 1 fully saturated rings. The van der Waals surface area contributed by atoms with Crippen molar-refractivity contribution in [3.8, 4) is 5.75 Å². The van der Waals surface area contributed by atoms with Gasteiger partial charge in [-0.15, -0.1) is 0 Å². The number of para-hydroxylation sites is 1. The minimum atomic E-state index is -1.00. The van der Waals surface area contributed by atoms with Crippen LogP contribution >= 0.6 is 22.6 Å². The van der Waals surface area contributed by atoms with Crippen LogP contribution < -0.4 is 10.1 Å². The van der Waals surface area contributed by atoms with Gasteiger partial charge in [0, 0.05) is 30.7 Å². The molecule has 3 atom stereocenters. The van der Waals surface area contributed by atoms with Crippen molar-refractivity contribution in [2.45, 2.75) is 83.1 Å². The molecule has 1 aromatic rings. The predicted molar refractivity (Wildman–Crippen MR) is 144 cm³/mol. The lowest BCUT2D eigenvalue weighted by Gasteiger charge is -2.44. The Morgan fingerprint density at radius 2 is 1.86 bits per heavy atom. The highest BCUT2D eigenvalue weighted by molar-refractivity contribution is 14.1. The van der Waals surface area contributed by atoms with Crippen molar-refractivity contribution in [1.82, 2.24) is 10.2 Å². The van der Waals surface area contributed by atoms with E-state index in [0.29, 0.717) is 11.3 Å². The topological polar surface area (TPSA) is 99.1 Å². The van der Waals surface area contributed by atoms with Crippen LogP contribution in [0.5, 0.6) is 5.75 Å². The SMILES string of the molecule is CC(C)=CC(=O)N(C1CCCCCC1)[C@@H]1CC(C(=O)NCCO)=C[C@H](Oc2ccccc2I)[C@H]1O. The summed E-state index contributed by atoms with van der Waals surface area (Å²) in [5.41, 5.74) is 1.34. The van der Waals surface area contributed by atoms with Gasteiger partial charge >= 0.3 is 0 Å². The number of aliphatic hydroxyl groups is 2. The fraction of sp³-hybridized carbons (Fsp3) is 0.556. The molecule has 192 valence electrons. The van der Waals surface area contributed by atoms with Crippen LogP contribution in [0, 0.1) is 3.57 Å². The van der Waals surface area contributed by atoms with Gasteiger partial charge in [0.15, 0.2) is 0 Å². The maximum atomic E-state index is 13.5. The monoisotopic (exact) mass is 596 g/mol. The van der Waals surface area contributed by atoms with E-state index in [0.717, 1.165) is 47.7 Å². The van der Waals surface area contributed by atoms with Gasteiger partial charge in [0.2, 0.25) is 11.8 Å². The van der Waals surface area contributed by atoms with E-state index in [1.165, 1.54) is 0 Å². The molecule has 7 nitrogen and oxygen atoms in total. The van der Waals surface area contributed by atoms with E-state index in [4.69, 9.17) is 9.84 Å². The second kappa shape index (κ2) is 13.4. The minimum Gasteiger partial charge on any atom is -0.482 e. The summed E-state index contributed by atoms with van der Waals surface area (Å²) in [7, 11) is 0. The molecule has 0 spiro atoms. The lowest BCUT2D eigenvalue weighted by atomic mass is 9.86. The number of nitrogens with one attached hydrogen (secondary N) is 1. The van der Waals surface area contributed by atoms with E-state index in [1.807, 2.05) is 43.0 Å². The van der Waals surface area contributed by atoms with Crippen LogP contribution in [0.4, 0.5) is 0 Å². The molecule has 1 saturated carbocycles. The number of aliphatic hydroxyl groups excluding tert-OH is 2. The molecule has 0 aliphatic heterocycles. The quantitative estimate of drug-likeness (QED) is 0.242. The molecule has 8 heteroatoms. The normalized spacial score (nSPS) is 23.0. The Hall–Kier alpha value is -1.91. The second-order valence-electron chi connectivity index (χ2n) is 9.56. The number of benzene rings is 1. The summed E-state index contributed by atoms with van der Waals surface area (Å²) < 4.78 is 7.11. The number of halogens is 1. The molecule has 0 bridgehead atoms. The van der Waals surface area contributed by atoms with Crippen LogP contribution in [0.2, 0.25) is 0 Å². The first-order valence-corrected chi connectivity index (χ1v) is 13.6. The van der Waals surface area contributed by atoms with E-state index >= 15 is 0 Å². The third-order valence-corrected chi connectivity index (χ3v) is 7.45. The number of hydrogen-bond acceptors (Lipinski definition) is 5. The van der Waals surface area contributed by atoms with Crippen LogP contribution in [-0.4, -0.2) is 64.4 Å². The summed E-state index contributed by atoms with van der Waals surface area (Å²) in [6.07, 6.45) is 7.82. The van der Waals surface area contributed by atoms with Crippen molar-refractivity contribution in [3.05, 3.63) is 51.1 Å². The van der Waals surface area contributed by atoms with Gasteiger partial charge in [0.25, 0.3) is 0 Å². The molecule has 1 aromatic carbocycles. The number of ether oxygens (including phenoxy) is 1. The van der Waals surface area contributed by atoms with Crippen molar-refractivity contribution >= 4 is 34.4 Å². The summed E-state index contributed by atoms with van der Waals surface area (Å²) in [6, 6.07) is 6.90. The highest BCUT2D eigenvalue weighted by Crippen LogP contribution is 2.33. The van der Waals surface area contributed by atoms with E-state index in [9.17, 15) is 14.7 Å². The third-order valence-electron chi connectivity index (χ3n) is 6.56. The zero-order chi connectivity index (χ0) is 25.4. The fourth-order valence-electron chi connectivity index (χ4n) is 4.91. The highest BCUT2D eigenvalue weighted by Gasteiger charge is 2.42. The van der Waals surface area contributed by atoms with Gasteiger partial charge < -0.3 is 25.2 Å².